The van der Waals surface area contributed by atoms with Crippen LogP contribution in [0, 0.1) is 17.3 Å². The molecule has 18 heavy (non-hydrogen) atoms. The highest BCUT2D eigenvalue weighted by Crippen LogP contribution is 2.31. The molecule has 1 amide bonds. The third-order valence-electron chi connectivity index (χ3n) is 4.35. The second-order valence-corrected chi connectivity index (χ2v) is 5.85. The lowest BCUT2D eigenvalue weighted by Gasteiger charge is -2.41. The van der Waals surface area contributed by atoms with Gasteiger partial charge in [0.15, 0.2) is 0 Å². The summed E-state index contributed by atoms with van der Waals surface area (Å²) in [5.74, 6) is 1.52. The topological polar surface area (TPSA) is 46.3 Å². The van der Waals surface area contributed by atoms with Crippen molar-refractivity contribution in [3.05, 3.63) is 0 Å². The van der Waals surface area contributed by atoms with Crippen molar-refractivity contribution in [2.75, 3.05) is 19.6 Å². The van der Waals surface area contributed by atoms with Crippen molar-refractivity contribution < 1.29 is 4.79 Å². The van der Waals surface area contributed by atoms with Gasteiger partial charge in [0, 0.05) is 19.6 Å². The van der Waals surface area contributed by atoms with E-state index in [0.717, 1.165) is 25.9 Å². The van der Waals surface area contributed by atoms with Gasteiger partial charge >= 0.3 is 0 Å². The molecule has 2 unspecified atom stereocenters. The minimum atomic E-state index is -0.323. The molecule has 2 N–H and O–H groups in total. The average molecular weight is 277 g/mol. The second kappa shape index (κ2) is 7.34. The molecule has 4 heteroatoms. The molecule has 0 aromatic heterocycles. The summed E-state index contributed by atoms with van der Waals surface area (Å²) in [6.45, 7) is 10.9. The normalized spacial score (nSPS) is 24.6. The van der Waals surface area contributed by atoms with E-state index in [9.17, 15) is 4.79 Å². The minimum Gasteiger partial charge on any atom is -0.342 e. The Morgan fingerprint density at radius 3 is 2.00 bits per heavy atom. The lowest BCUT2D eigenvalue weighted by atomic mass is 9.79. The van der Waals surface area contributed by atoms with Crippen LogP contribution in [-0.2, 0) is 4.79 Å². The van der Waals surface area contributed by atoms with Gasteiger partial charge in [0.05, 0.1) is 5.41 Å². The number of halogens is 1. The molecule has 1 aliphatic heterocycles. The van der Waals surface area contributed by atoms with Crippen LogP contribution in [0.5, 0.6) is 0 Å². The second-order valence-electron chi connectivity index (χ2n) is 5.85. The first kappa shape index (κ1) is 17.7. The van der Waals surface area contributed by atoms with Crippen LogP contribution < -0.4 is 5.73 Å². The monoisotopic (exact) mass is 276 g/mol. The standard InChI is InChI=1S/C14H28N2O.ClH/c1-5-14(6-2,10-15)13(17)16-8-11(3)7-12(4)9-16;/h11-12H,5-10,15H2,1-4H3;1H. The Kier molecular flexibility index (Phi) is 7.23. The van der Waals surface area contributed by atoms with Gasteiger partial charge in [-0.25, -0.2) is 0 Å². The Morgan fingerprint density at radius 2 is 1.67 bits per heavy atom. The highest BCUT2D eigenvalue weighted by Gasteiger charge is 2.38. The molecule has 0 aromatic carbocycles. The van der Waals surface area contributed by atoms with Gasteiger partial charge in [-0.1, -0.05) is 27.7 Å². The van der Waals surface area contributed by atoms with Crippen molar-refractivity contribution in [3.8, 4) is 0 Å². The zero-order valence-corrected chi connectivity index (χ0v) is 13.1. The van der Waals surface area contributed by atoms with E-state index in [0.29, 0.717) is 18.4 Å². The molecule has 1 fully saturated rings. The molecule has 0 spiro atoms. The van der Waals surface area contributed by atoms with E-state index in [1.807, 2.05) is 0 Å². The Bertz CT molecular complexity index is 248. The van der Waals surface area contributed by atoms with Gasteiger partial charge in [0.1, 0.15) is 0 Å². The molecule has 0 aliphatic carbocycles. The molecule has 108 valence electrons. The molecule has 3 nitrogen and oxygen atoms in total. The smallest absolute Gasteiger partial charge is 0.230 e. The highest BCUT2D eigenvalue weighted by molar-refractivity contribution is 5.85. The van der Waals surface area contributed by atoms with E-state index in [1.165, 1.54) is 6.42 Å². The summed E-state index contributed by atoms with van der Waals surface area (Å²) in [6.07, 6.45) is 2.92. The molecule has 2 atom stereocenters. The predicted octanol–water partition coefficient (Wildman–Crippen LogP) is 2.68. The first-order valence-electron chi connectivity index (χ1n) is 6.98. The van der Waals surface area contributed by atoms with Crippen LogP contribution in [0.3, 0.4) is 0 Å². The van der Waals surface area contributed by atoms with Crippen LogP contribution in [0.25, 0.3) is 0 Å². The maximum absolute atomic E-state index is 12.7. The molecule has 0 aromatic rings. The van der Waals surface area contributed by atoms with E-state index < -0.39 is 0 Å². The third kappa shape index (κ3) is 3.61. The van der Waals surface area contributed by atoms with E-state index >= 15 is 0 Å². The van der Waals surface area contributed by atoms with Gasteiger partial charge in [0.2, 0.25) is 5.91 Å². The summed E-state index contributed by atoms with van der Waals surface area (Å²) in [5.41, 5.74) is 5.54. The van der Waals surface area contributed by atoms with Gasteiger partial charge < -0.3 is 10.6 Å². The first-order valence-corrected chi connectivity index (χ1v) is 6.98. The molecule has 0 bridgehead atoms. The minimum absolute atomic E-state index is 0. The Hall–Kier alpha value is -0.280. The lowest BCUT2D eigenvalue weighted by Crippen LogP contribution is -2.52. The number of hydrogen-bond donors (Lipinski definition) is 1. The van der Waals surface area contributed by atoms with Crippen LogP contribution in [-0.4, -0.2) is 30.4 Å². The number of amides is 1. The van der Waals surface area contributed by atoms with Gasteiger partial charge in [-0.2, -0.15) is 0 Å². The fraction of sp³-hybridized carbons (Fsp3) is 0.929. The number of nitrogens with two attached hydrogens (primary N) is 1. The average Bonchev–Trinajstić information content (AvgIpc) is 2.30. The molecular formula is C14H29ClN2O. The van der Waals surface area contributed by atoms with E-state index in [2.05, 4.69) is 32.6 Å². The van der Waals surface area contributed by atoms with Crippen molar-refractivity contribution in [1.29, 1.82) is 0 Å². The van der Waals surface area contributed by atoms with E-state index in [-0.39, 0.29) is 23.7 Å². The predicted molar refractivity (Wildman–Crippen MR) is 78.8 cm³/mol. The number of rotatable bonds is 4. The first-order chi connectivity index (χ1) is 7.99. The van der Waals surface area contributed by atoms with Crippen LogP contribution >= 0.6 is 12.4 Å². The van der Waals surface area contributed by atoms with Crippen LogP contribution in [0.1, 0.15) is 47.0 Å². The molecule has 0 radical (unpaired) electrons. The number of carbonyl (C=O) groups is 1. The summed E-state index contributed by atoms with van der Waals surface area (Å²) >= 11 is 0. The number of piperidine rings is 1. The number of nitrogens with zero attached hydrogens (tertiary/aromatic N) is 1. The molecule has 1 rings (SSSR count). The van der Waals surface area contributed by atoms with Gasteiger partial charge in [0.25, 0.3) is 0 Å². The van der Waals surface area contributed by atoms with Crippen molar-refractivity contribution in [3.63, 3.8) is 0 Å². The molecule has 1 aliphatic rings. The van der Waals surface area contributed by atoms with Crippen molar-refractivity contribution in [2.24, 2.45) is 23.0 Å². The summed E-state index contributed by atoms with van der Waals surface area (Å²) in [7, 11) is 0. The Balaban J connectivity index is 0.00000289. The van der Waals surface area contributed by atoms with Gasteiger partial charge in [-0.05, 0) is 31.1 Å². The van der Waals surface area contributed by atoms with Gasteiger partial charge in [-0.3, -0.25) is 4.79 Å². The maximum atomic E-state index is 12.7. The summed E-state index contributed by atoms with van der Waals surface area (Å²) in [5, 5.41) is 0. The van der Waals surface area contributed by atoms with Crippen LogP contribution in [0.4, 0.5) is 0 Å². The number of carbonyl (C=O) groups excluding carboxylic acids is 1. The third-order valence-corrected chi connectivity index (χ3v) is 4.35. The highest BCUT2D eigenvalue weighted by atomic mass is 35.5. The fourth-order valence-corrected chi connectivity index (χ4v) is 3.09. The van der Waals surface area contributed by atoms with Gasteiger partial charge in [-0.15, -0.1) is 12.4 Å². The molecular weight excluding hydrogens is 248 g/mol. The zero-order valence-electron chi connectivity index (χ0n) is 12.2. The van der Waals surface area contributed by atoms with Crippen molar-refractivity contribution in [1.82, 2.24) is 4.90 Å². The van der Waals surface area contributed by atoms with Crippen LogP contribution in [0.2, 0.25) is 0 Å². The quantitative estimate of drug-likeness (QED) is 0.858. The van der Waals surface area contributed by atoms with Crippen LogP contribution in [0.15, 0.2) is 0 Å². The van der Waals surface area contributed by atoms with Crippen molar-refractivity contribution in [2.45, 2.75) is 47.0 Å². The number of likely N-dealkylation sites (tertiary alicyclic amines) is 1. The largest absolute Gasteiger partial charge is 0.342 e. The molecule has 1 heterocycles. The SMILES string of the molecule is CCC(CC)(CN)C(=O)N1CC(C)CC(C)C1.Cl. The lowest BCUT2D eigenvalue weighted by molar-refractivity contribution is -0.145. The maximum Gasteiger partial charge on any atom is 0.230 e. The molecule has 1 saturated heterocycles. The summed E-state index contributed by atoms with van der Waals surface area (Å²) in [6, 6.07) is 0. The Morgan fingerprint density at radius 1 is 1.22 bits per heavy atom. The summed E-state index contributed by atoms with van der Waals surface area (Å²) < 4.78 is 0. The van der Waals surface area contributed by atoms with E-state index in [1.54, 1.807) is 0 Å². The molecule has 0 saturated carbocycles. The summed E-state index contributed by atoms with van der Waals surface area (Å²) in [4.78, 5) is 14.7. The fourth-order valence-electron chi connectivity index (χ4n) is 3.09. The number of hydrogen-bond acceptors (Lipinski definition) is 2. The Labute approximate surface area is 118 Å². The van der Waals surface area contributed by atoms with Crippen molar-refractivity contribution >= 4 is 18.3 Å². The van der Waals surface area contributed by atoms with E-state index in [4.69, 9.17) is 5.73 Å². The zero-order chi connectivity index (χ0) is 13.1.